The molecular weight excluding hydrogens is 240 g/mol. The summed E-state index contributed by atoms with van der Waals surface area (Å²) in [4.78, 5) is 11.9. The van der Waals surface area contributed by atoms with Crippen molar-refractivity contribution in [2.45, 2.75) is 69.9 Å². The van der Waals surface area contributed by atoms with E-state index in [9.17, 15) is 4.79 Å². The van der Waals surface area contributed by atoms with Crippen LogP contribution in [0.15, 0.2) is 0 Å². The van der Waals surface area contributed by atoms with Gasteiger partial charge >= 0.3 is 0 Å². The highest BCUT2D eigenvalue weighted by Crippen LogP contribution is 2.19. The van der Waals surface area contributed by atoms with Gasteiger partial charge in [-0.1, -0.05) is 32.1 Å². The van der Waals surface area contributed by atoms with Gasteiger partial charge < -0.3 is 15.4 Å². The lowest BCUT2D eigenvalue weighted by atomic mass is 10.0. The van der Waals surface area contributed by atoms with Crippen LogP contribution < -0.4 is 10.6 Å². The maximum atomic E-state index is 11.9. The standard InChI is InChI=1S/C15H28N2O2/c18-15(14-9-5-6-10-16-14)17-11-12-19-13-7-3-1-2-4-8-13/h13-14,16H,1-12H2,(H,17,18)/t14-/m0/s1. The Morgan fingerprint density at radius 1 is 1.05 bits per heavy atom. The molecule has 0 aromatic heterocycles. The number of carbonyl (C=O) groups excluding carboxylic acids is 1. The molecule has 1 saturated heterocycles. The Balaban J connectivity index is 1.54. The molecule has 0 radical (unpaired) electrons. The summed E-state index contributed by atoms with van der Waals surface area (Å²) in [6.07, 6.45) is 11.4. The fourth-order valence-electron chi connectivity index (χ4n) is 3.01. The van der Waals surface area contributed by atoms with Crippen molar-refractivity contribution in [3.63, 3.8) is 0 Å². The second-order valence-corrected chi connectivity index (χ2v) is 5.78. The van der Waals surface area contributed by atoms with Crippen LogP contribution in [0.25, 0.3) is 0 Å². The van der Waals surface area contributed by atoms with E-state index in [1.807, 2.05) is 0 Å². The minimum absolute atomic E-state index is 0.0200. The van der Waals surface area contributed by atoms with Gasteiger partial charge in [0.05, 0.1) is 18.8 Å². The zero-order chi connectivity index (χ0) is 13.3. The molecule has 1 heterocycles. The third-order valence-electron chi connectivity index (χ3n) is 4.18. The smallest absolute Gasteiger partial charge is 0.237 e. The van der Waals surface area contributed by atoms with E-state index in [1.54, 1.807) is 0 Å². The maximum Gasteiger partial charge on any atom is 0.237 e. The molecule has 1 atom stereocenters. The molecule has 4 nitrogen and oxygen atoms in total. The van der Waals surface area contributed by atoms with Crippen molar-refractivity contribution in [1.29, 1.82) is 0 Å². The molecule has 0 aromatic carbocycles. The molecule has 0 spiro atoms. The molecule has 110 valence electrons. The molecule has 0 aromatic rings. The third-order valence-corrected chi connectivity index (χ3v) is 4.18. The van der Waals surface area contributed by atoms with E-state index >= 15 is 0 Å². The highest BCUT2D eigenvalue weighted by molar-refractivity contribution is 5.81. The number of ether oxygens (including phenoxy) is 1. The van der Waals surface area contributed by atoms with Crippen LogP contribution in [0.4, 0.5) is 0 Å². The molecular formula is C15H28N2O2. The van der Waals surface area contributed by atoms with E-state index in [0.717, 1.165) is 19.4 Å². The first kappa shape index (κ1) is 14.8. The second kappa shape index (κ2) is 8.54. The Hall–Kier alpha value is -0.610. The Kier molecular flexibility index (Phi) is 6.65. The Bertz CT molecular complexity index is 257. The highest BCUT2D eigenvalue weighted by Gasteiger charge is 2.20. The van der Waals surface area contributed by atoms with Gasteiger partial charge in [-0.05, 0) is 32.2 Å². The van der Waals surface area contributed by atoms with Crippen molar-refractivity contribution in [3.8, 4) is 0 Å². The quantitative estimate of drug-likeness (QED) is 0.592. The first-order valence-corrected chi connectivity index (χ1v) is 7.99. The summed E-state index contributed by atoms with van der Waals surface area (Å²) in [5, 5.41) is 6.25. The fraction of sp³-hybridized carbons (Fsp3) is 0.933. The number of hydrogen-bond donors (Lipinski definition) is 2. The maximum absolute atomic E-state index is 11.9. The molecule has 2 rings (SSSR count). The van der Waals surface area contributed by atoms with E-state index in [0.29, 0.717) is 19.3 Å². The van der Waals surface area contributed by atoms with Crippen LogP contribution in [-0.4, -0.2) is 37.7 Å². The molecule has 2 fully saturated rings. The summed E-state index contributed by atoms with van der Waals surface area (Å²) in [7, 11) is 0. The molecule has 4 heteroatoms. The van der Waals surface area contributed by atoms with Crippen molar-refractivity contribution in [1.82, 2.24) is 10.6 Å². The van der Waals surface area contributed by atoms with Crippen LogP contribution in [-0.2, 0) is 9.53 Å². The number of carbonyl (C=O) groups is 1. The summed E-state index contributed by atoms with van der Waals surface area (Å²) in [5.41, 5.74) is 0. The van der Waals surface area contributed by atoms with Gasteiger partial charge in [0.2, 0.25) is 5.91 Å². The molecule has 1 amide bonds. The van der Waals surface area contributed by atoms with E-state index in [2.05, 4.69) is 10.6 Å². The first-order chi connectivity index (χ1) is 9.36. The summed E-state index contributed by atoms with van der Waals surface area (Å²) < 4.78 is 5.87. The molecule has 19 heavy (non-hydrogen) atoms. The van der Waals surface area contributed by atoms with Crippen molar-refractivity contribution in [2.24, 2.45) is 0 Å². The van der Waals surface area contributed by atoms with E-state index in [-0.39, 0.29) is 11.9 Å². The molecule has 2 aliphatic rings. The van der Waals surface area contributed by atoms with Gasteiger partial charge in [0.1, 0.15) is 0 Å². The van der Waals surface area contributed by atoms with Crippen LogP contribution in [0.3, 0.4) is 0 Å². The minimum Gasteiger partial charge on any atom is -0.376 e. The van der Waals surface area contributed by atoms with Gasteiger partial charge in [-0.2, -0.15) is 0 Å². The van der Waals surface area contributed by atoms with Crippen molar-refractivity contribution < 1.29 is 9.53 Å². The van der Waals surface area contributed by atoms with E-state index in [1.165, 1.54) is 44.9 Å². The third kappa shape index (κ3) is 5.49. The number of nitrogens with one attached hydrogen (secondary N) is 2. The Morgan fingerprint density at radius 3 is 2.47 bits per heavy atom. The lowest BCUT2D eigenvalue weighted by Crippen LogP contribution is -2.47. The van der Waals surface area contributed by atoms with Gasteiger partial charge in [0.25, 0.3) is 0 Å². The molecule has 1 saturated carbocycles. The minimum atomic E-state index is 0.0200. The Morgan fingerprint density at radius 2 is 1.79 bits per heavy atom. The van der Waals surface area contributed by atoms with Crippen LogP contribution in [0.1, 0.15) is 57.8 Å². The number of piperidine rings is 1. The van der Waals surface area contributed by atoms with Crippen molar-refractivity contribution in [2.75, 3.05) is 19.7 Å². The summed E-state index contributed by atoms with van der Waals surface area (Å²) in [5.74, 6) is 0.143. The van der Waals surface area contributed by atoms with Gasteiger partial charge in [-0.3, -0.25) is 4.79 Å². The van der Waals surface area contributed by atoms with Gasteiger partial charge in [0, 0.05) is 6.54 Å². The molecule has 0 unspecified atom stereocenters. The number of rotatable bonds is 5. The van der Waals surface area contributed by atoms with Crippen LogP contribution >= 0.6 is 0 Å². The van der Waals surface area contributed by atoms with E-state index in [4.69, 9.17) is 4.74 Å². The fourth-order valence-corrected chi connectivity index (χ4v) is 3.01. The van der Waals surface area contributed by atoms with Gasteiger partial charge in [-0.15, -0.1) is 0 Å². The lowest BCUT2D eigenvalue weighted by Gasteiger charge is -2.22. The van der Waals surface area contributed by atoms with Gasteiger partial charge in [0.15, 0.2) is 0 Å². The average molecular weight is 268 g/mol. The number of hydrogen-bond acceptors (Lipinski definition) is 3. The Labute approximate surface area is 116 Å². The largest absolute Gasteiger partial charge is 0.376 e. The predicted molar refractivity (Wildman–Crippen MR) is 76.1 cm³/mol. The SMILES string of the molecule is O=C(NCCOC1CCCCCC1)[C@@H]1CCCCN1. The summed E-state index contributed by atoms with van der Waals surface area (Å²) >= 11 is 0. The molecule has 1 aliphatic heterocycles. The topological polar surface area (TPSA) is 50.4 Å². The van der Waals surface area contributed by atoms with Crippen molar-refractivity contribution >= 4 is 5.91 Å². The number of amides is 1. The van der Waals surface area contributed by atoms with Crippen LogP contribution in [0.2, 0.25) is 0 Å². The van der Waals surface area contributed by atoms with E-state index < -0.39 is 0 Å². The van der Waals surface area contributed by atoms with Crippen molar-refractivity contribution in [3.05, 3.63) is 0 Å². The zero-order valence-electron chi connectivity index (χ0n) is 12.0. The van der Waals surface area contributed by atoms with Crippen LogP contribution in [0, 0.1) is 0 Å². The average Bonchev–Trinajstić information content (AvgIpc) is 2.73. The lowest BCUT2D eigenvalue weighted by molar-refractivity contribution is -0.124. The first-order valence-electron chi connectivity index (χ1n) is 7.99. The van der Waals surface area contributed by atoms with Gasteiger partial charge in [-0.25, -0.2) is 0 Å². The molecule has 1 aliphatic carbocycles. The molecule has 0 bridgehead atoms. The molecule has 2 N–H and O–H groups in total. The summed E-state index contributed by atoms with van der Waals surface area (Å²) in [6.45, 7) is 2.27. The highest BCUT2D eigenvalue weighted by atomic mass is 16.5. The zero-order valence-corrected chi connectivity index (χ0v) is 12.0. The second-order valence-electron chi connectivity index (χ2n) is 5.78. The van der Waals surface area contributed by atoms with Crippen LogP contribution in [0.5, 0.6) is 0 Å². The summed E-state index contributed by atoms with van der Waals surface area (Å²) in [6, 6.07) is 0.0200. The monoisotopic (exact) mass is 268 g/mol. The predicted octanol–water partition coefficient (Wildman–Crippen LogP) is 1.98. The normalized spacial score (nSPS) is 25.8.